The first-order valence-electron chi connectivity index (χ1n) is 1.55. The molecular formula is C2H3ClF3OP. The predicted molar refractivity (Wildman–Crippen MR) is 25.8 cm³/mol. The fourth-order valence-corrected chi connectivity index (χ4v) is 0.311. The van der Waals surface area contributed by atoms with Gasteiger partial charge >= 0.3 is 5.92 Å². The Bertz CT molecular complexity index is 74.2. The summed E-state index contributed by atoms with van der Waals surface area (Å²) in [5.74, 6) is -4.38. The molecular weight excluding hydrogens is 163 g/mol. The second-order valence-corrected chi connectivity index (χ2v) is 3.18. The van der Waals surface area contributed by atoms with Crippen LogP contribution in [0.5, 0.6) is 0 Å². The highest BCUT2D eigenvalue weighted by Crippen LogP contribution is 2.57. The van der Waals surface area contributed by atoms with Crippen molar-refractivity contribution in [2.45, 2.75) is 5.92 Å². The smallest absolute Gasteiger partial charge is 0.340 e. The first-order valence-corrected chi connectivity index (χ1v) is 3.72. The van der Waals surface area contributed by atoms with Gasteiger partial charge in [-0.2, -0.15) is 13.2 Å². The normalized spacial score (nSPS) is 16.1. The summed E-state index contributed by atoms with van der Waals surface area (Å²) in [7, 11) is -1.82. The maximum Gasteiger partial charge on any atom is 0.445 e. The van der Waals surface area contributed by atoms with E-state index in [9.17, 15) is 13.2 Å². The number of alkyl halides is 3. The molecule has 0 aromatic carbocycles. The molecule has 0 rings (SSSR count). The van der Waals surface area contributed by atoms with Gasteiger partial charge in [0.25, 0.3) is 0 Å². The van der Waals surface area contributed by atoms with Gasteiger partial charge in [0.15, 0.2) is 0 Å². The molecule has 8 heavy (non-hydrogen) atoms. The predicted octanol–water partition coefficient (Wildman–Crippen LogP) is 2.70. The van der Waals surface area contributed by atoms with Gasteiger partial charge in [-0.3, -0.25) is 0 Å². The van der Waals surface area contributed by atoms with Crippen LogP contribution in [0.15, 0.2) is 0 Å². The van der Waals surface area contributed by atoms with Crippen LogP contribution in [0.2, 0.25) is 0 Å². The van der Waals surface area contributed by atoms with Gasteiger partial charge in [-0.15, -0.1) is 0 Å². The van der Waals surface area contributed by atoms with Crippen molar-refractivity contribution in [3.8, 4) is 0 Å². The number of halogens is 4. The van der Waals surface area contributed by atoms with Gasteiger partial charge in [0.1, 0.15) is 0 Å². The van der Waals surface area contributed by atoms with E-state index in [0.29, 0.717) is 0 Å². The SMILES string of the molecule is COP(Cl)C(F)(F)F. The molecule has 1 unspecified atom stereocenters. The van der Waals surface area contributed by atoms with Crippen LogP contribution in [0.1, 0.15) is 0 Å². The van der Waals surface area contributed by atoms with E-state index < -0.39 is 13.4 Å². The van der Waals surface area contributed by atoms with Crippen LogP contribution in [-0.4, -0.2) is 13.0 Å². The topological polar surface area (TPSA) is 9.23 Å². The number of rotatable bonds is 1. The third-order valence-electron chi connectivity index (χ3n) is 0.360. The largest absolute Gasteiger partial charge is 0.445 e. The van der Waals surface area contributed by atoms with Gasteiger partial charge in [0.05, 0.1) is 0 Å². The Labute approximate surface area is 50.4 Å². The van der Waals surface area contributed by atoms with Crippen molar-refractivity contribution in [3.05, 3.63) is 0 Å². The lowest BCUT2D eigenvalue weighted by Gasteiger charge is -2.08. The highest BCUT2D eigenvalue weighted by atomic mass is 35.7. The molecule has 0 spiro atoms. The Morgan fingerprint density at radius 3 is 1.88 bits per heavy atom. The lowest BCUT2D eigenvalue weighted by atomic mass is 11.6. The molecule has 6 heteroatoms. The first-order chi connectivity index (χ1) is 3.48. The Kier molecular flexibility index (Phi) is 3.02. The fraction of sp³-hybridized carbons (Fsp3) is 1.00. The molecule has 0 radical (unpaired) electrons. The highest BCUT2D eigenvalue weighted by molar-refractivity contribution is 7.80. The highest BCUT2D eigenvalue weighted by Gasteiger charge is 2.39. The Morgan fingerprint density at radius 1 is 1.50 bits per heavy atom. The van der Waals surface area contributed by atoms with Gasteiger partial charge in [0, 0.05) is 7.11 Å². The van der Waals surface area contributed by atoms with Crippen molar-refractivity contribution >= 4 is 18.7 Å². The van der Waals surface area contributed by atoms with E-state index >= 15 is 0 Å². The third kappa shape index (κ3) is 2.70. The number of hydrogen-bond acceptors (Lipinski definition) is 1. The van der Waals surface area contributed by atoms with Crippen LogP contribution in [0.25, 0.3) is 0 Å². The molecule has 0 bridgehead atoms. The monoisotopic (exact) mass is 166 g/mol. The molecule has 0 fully saturated rings. The molecule has 0 N–H and O–H groups in total. The lowest BCUT2D eigenvalue weighted by molar-refractivity contribution is -0.0458. The summed E-state index contributed by atoms with van der Waals surface area (Å²) in [5, 5.41) is 0. The Morgan fingerprint density at radius 2 is 1.88 bits per heavy atom. The number of hydrogen-bond donors (Lipinski definition) is 0. The summed E-state index contributed by atoms with van der Waals surface area (Å²) in [4.78, 5) is 0. The van der Waals surface area contributed by atoms with Crippen LogP contribution in [0.4, 0.5) is 13.2 Å². The quantitative estimate of drug-likeness (QED) is 0.544. The molecule has 0 saturated carbocycles. The second kappa shape index (κ2) is 2.85. The standard InChI is InChI=1S/C2H3ClF3OP/c1-7-8(3)2(4,5)6/h1H3. The van der Waals surface area contributed by atoms with Crippen molar-refractivity contribution in [2.75, 3.05) is 7.11 Å². The molecule has 0 saturated heterocycles. The van der Waals surface area contributed by atoms with Gasteiger partial charge in [-0.05, 0) is 0 Å². The van der Waals surface area contributed by atoms with E-state index in [4.69, 9.17) is 0 Å². The van der Waals surface area contributed by atoms with E-state index in [1.807, 2.05) is 0 Å². The van der Waals surface area contributed by atoms with Crippen LogP contribution < -0.4 is 0 Å². The molecule has 0 aliphatic heterocycles. The molecule has 1 nitrogen and oxygen atoms in total. The summed E-state index contributed by atoms with van der Waals surface area (Å²) >= 11 is 4.66. The fourth-order valence-electron chi connectivity index (χ4n) is 0.104. The molecule has 0 aromatic rings. The maximum atomic E-state index is 11.2. The van der Waals surface area contributed by atoms with Gasteiger partial charge < -0.3 is 4.52 Å². The first kappa shape index (κ1) is 8.47. The Hall–Kier alpha value is 0.470. The molecule has 0 aliphatic rings. The zero-order valence-electron chi connectivity index (χ0n) is 3.87. The molecule has 0 heterocycles. The summed E-state index contributed by atoms with van der Waals surface area (Å²) in [5.41, 5.74) is 0. The lowest BCUT2D eigenvalue weighted by Crippen LogP contribution is -2.00. The van der Waals surface area contributed by atoms with Crippen molar-refractivity contribution < 1.29 is 17.7 Å². The zero-order valence-corrected chi connectivity index (χ0v) is 5.52. The summed E-state index contributed by atoms with van der Waals surface area (Å²) in [6.07, 6.45) is 0. The van der Waals surface area contributed by atoms with Crippen LogP contribution >= 0.6 is 18.7 Å². The molecule has 1 atom stereocenters. The average molecular weight is 166 g/mol. The van der Waals surface area contributed by atoms with Crippen LogP contribution in [0, 0.1) is 0 Å². The second-order valence-electron chi connectivity index (χ2n) is 0.895. The average Bonchev–Trinajstić information content (AvgIpc) is 1.62. The van der Waals surface area contributed by atoms with Crippen molar-refractivity contribution in [2.24, 2.45) is 0 Å². The minimum Gasteiger partial charge on any atom is -0.340 e. The van der Waals surface area contributed by atoms with E-state index in [1.165, 1.54) is 0 Å². The van der Waals surface area contributed by atoms with Gasteiger partial charge in [-0.25, -0.2) is 0 Å². The van der Waals surface area contributed by atoms with E-state index in [1.54, 1.807) is 0 Å². The minimum absolute atomic E-state index is 0.923. The van der Waals surface area contributed by atoms with Crippen molar-refractivity contribution in [1.29, 1.82) is 0 Å². The van der Waals surface area contributed by atoms with E-state index in [0.717, 1.165) is 7.11 Å². The summed E-state index contributed by atoms with van der Waals surface area (Å²) < 4.78 is 37.5. The summed E-state index contributed by atoms with van der Waals surface area (Å²) in [6.45, 7) is 0. The summed E-state index contributed by atoms with van der Waals surface area (Å²) in [6, 6.07) is 0. The van der Waals surface area contributed by atoms with Crippen LogP contribution in [0.3, 0.4) is 0 Å². The van der Waals surface area contributed by atoms with E-state index in [-0.39, 0.29) is 0 Å². The minimum atomic E-state index is -4.38. The van der Waals surface area contributed by atoms with Crippen LogP contribution in [-0.2, 0) is 4.52 Å². The molecule has 0 amide bonds. The molecule has 0 aromatic heterocycles. The molecule has 0 aliphatic carbocycles. The van der Waals surface area contributed by atoms with E-state index in [2.05, 4.69) is 15.8 Å². The van der Waals surface area contributed by atoms with Crippen molar-refractivity contribution in [1.82, 2.24) is 0 Å². The molecule has 50 valence electrons. The Balaban J connectivity index is 3.62. The van der Waals surface area contributed by atoms with Crippen molar-refractivity contribution in [3.63, 3.8) is 0 Å². The zero-order chi connectivity index (χ0) is 6.78. The van der Waals surface area contributed by atoms with Gasteiger partial charge in [-0.1, -0.05) is 11.2 Å². The maximum absolute atomic E-state index is 11.2. The van der Waals surface area contributed by atoms with Gasteiger partial charge in [0.2, 0.25) is 7.50 Å². The third-order valence-corrected chi connectivity index (χ3v) is 2.07.